The van der Waals surface area contributed by atoms with E-state index < -0.39 is 0 Å². The highest BCUT2D eigenvalue weighted by atomic mass is 35.5. The molecule has 0 amide bonds. The molecule has 0 atom stereocenters. The predicted molar refractivity (Wildman–Crippen MR) is 339 cm³/mol. The number of halogens is 1. The van der Waals surface area contributed by atoms with Gasteiger partial charge >= 0.3 is 0 Å². The first-order valence-electron chi connectivity index (χ1n) is 27.8. The summed E-state index contributed by atoms with van der Waals surface area (Å²) in [6.45, 7) is 0. The zero-order valence-electron chi connectivity index (χ0n) is 44.6. The monoisotopic (exact) mass is 1080 g/mol. The Morgan fingerprint density at radius 3 is 1.27 bits per heavy atom. The van der Waals surface area contributed by atoms with E-state index in [2.05, 4.69) is 165 Å². The fraction of sp³-hybridized carbons (Fsp3) is 0.0133. The van der Waals surface area contributed by atoms with E-state index in [4.69, 9.17) is 26.6 Å². The summed E-state index contributed by atoms with van der Waals surface area (Å²) in [4.78, 5) is 27.9. The Bertz CT molecular complexity index is 4940. The van der Waals surface area contributed by atoms with Gasteiger partial charge in [-0.15, -0.1) is 0 Å². The van der Waals surface area contributed by atoms with Crippen molar-refractivity contribution in [1.82, 2.24) is 34.5 Å². The zero-order valence-corrected chi connectivity index (χ0v) is 45.4. The summed E-state index contributed by atoms with van der Waals surface area (Å²) in [5, 5.41) is 7.97. The van der Waals surface area contributed by atoms with Gasteiger partial charge in [0.1, 0.15) is 0 Å². The third-order valence-corrected chi connectivity index (χ3v) is 16.5. The summed E-state index contributed by atoms with van der Waals surface area (Å²) < 4.78 is 2.20. The summed E-state index contributed by atoms with van der Waals surface area (Å²) in [6.07, 6.45) is 1.06. The Balaban J connectivity index is 0.000000113. The van der Waals surface area contributed by atoms with Crippen molar-refractivity contribution in [1.29, 1.82) is 0 Å². The van der Waals surface area contributed by atoms with Gasteiger partial charge in [-0.05, 0) is 113 Å². The first-order valence-corrected chi connectivity index (χ1v) is 28.2. The second kappa shape index (κ2) is 19.8. The SMILES string of the molecule is Clc1nc(-c2ccccc2)nc(-c2ccccc2)n1.c1ccc(-c2nc(-c3ccccc3)nc(-n3c4ccccc4c4c5c(ccc43)-c3cccc4cccc-5c34)n2)cc1.c1ccc2c(c1)Cc1ccc3c(c1-2)-c1cccc2cccc-3c12. The number of benzene rings is 12. The van der Waals surface area contributed by atoms with Crippen molar-refractivity contribution in [3.8, 4) is 107 Å². The molecule has 15 aromatic rings. The Morgan fingerprint density at radius 1 is 0.277 bits per heavy atom. The molecule has 0 fully saturated rings. The zero-order chi connectivity index (χ0) is 55.0. The fourth-order valence-electron chi connectivity index (χ4n) is 12.7. The molecule has 7 nitrogen and oxygen atoms in total. The molecule has 0 saturated heterocycles. The van der Waals surface area contributed by atoms with Gasteiger partial charge in [-0.3, -0.25) is 4.57 Å². The second-order valence-electron chi connectivity index (χ2n) is 21.0. The maximum Gasteiger partial charge on any atom is 0.238 e. The summed E-state index contributed by atoms with van der Waals surface area (Å²) >= 11 is 5.99. The average molecular weight is 1080 g/mol. The molecule has 0 spiro atoms. The highest BCUT2D eigenvalue weighted by molar-refractivity contribution is 6.28. The number of nitrogens with zero attached hydrogens (tertiary/aromatic N) is 7. The molecule has 0 unspecified atom stereocenters. The van der Waals surface area contributed by atoms with Crippen molar-refractivity contribution in [3.63, 3.8) is 0 Å². The highest BCUT2D eigenvalue weighted by Crippen LogP contribution is 2.55. The van der Waals surface area contributed by atoms with Crippen LogP contribution >= 0.6 is 11.6 Å². The molecular weight excluding hydrogens is 1030 g/mol. The molecule has 0 saturated carbocycles. The molecule has 3 heterocycles. The number of aromatic nitrogens is 7. The van der Waals surface area contributed by atoms with Gasteiger partial charge in [-0.1, -0.05) is 255 Å². The Morgan fingerprint density at radius 2 is 0.711 bits per heavy atom. The average Bonchev–Trinajstić information content (AvgIpc) is 1.95. The standard InChI is InChI=1S/C37H22N4.C23H14.C15H10ClN3/c1-3-11-24(12-4-1)35-38-36(25-13-5-2-6-14-25)40-37(39-35)41-30-20-8-7-17-28(30)34-31(41)22-21-27-26-18-9-15-23-16-10-19-29(32(23)26)33(27)34;1-2-8-17-15(5-1)13-16-11-12-19-18-9-3-6-14-7-4-10-20(21(14)18)23(19)22(16)17;16-15-18-13(11-7-3-1-4-8-11)17-14(19-15)12-9-5-2-6-10-12/h1-22H;1-12H,13H2;1-10H. The lowest BCUT2D eigenvalue weighted by atomic mass is 9.93. The topological polar surface area (TPSA) is 82.3 Å². The van der Waals surface area contributed by atoms with Crippen LogP contribution in [0, 0.1) is 0 Å². The van der Waals surface area contributed by atoms with Gasteiger partial charge < -0.3 is 0 Å². The number of para-hydroxylation sites is 1. The molecule has 18 rings (SSSR count). The van der Waals surface area contributed by atoms with Gasteiger partial charge in [0, 0.05) is 38.6 Å². The minimum atomic E-state index is 0.202. The quantitative estimate of drug-likeness (QED) is 0.171. The molecule has 8 heteroatoms. The summed E-state index contributed by atoms with van der Waals surface area (Å²) in [7, 11) is 0. The predicted octanol–water partition coefficient (Wildman–Crippen LogP) is 19.0. The van der Waals surface area contributed by atoms with E-state index in [0.717, 1.165) is 39.7 Å². The van der Waals surface area contributed by atoms with Crippen molar-refractivity contribution in [2.24, 2.45) is 0 Å². The van der Waals surface area contributed by atoms with Gasteiger partial charge in [0.05, 0.1) is 11.0 Å². The highest BCUT2D eigenvalue weighted by Gasteiger charge is 2.30. The minimum absolute atomic E-state index is 0.202. The fourth-order valence-corrected chi connectivity index (χ4v) is 12.9. The molecule has 0 aliphatic heterocycles. The molecule has 12 aromatic carbocycles. The van der Waals surface area contributed by atoms with Crippen molar-refractivity contribution in [3.05, 3.63) is 283 Å². The molecule has 388 valence electrons. The summed E-state index contributed by atoms with van der Waals surface area (Å²) in [6, 6.07) is 92.9. The summed E-state index contributed by atoms with van der Waals surface area (Å²) in [5.74, 6) is 3.08. The van der Waals surface area contributed by atoms with Crippen LogP contribution in [0.3, 0.4) is 0 Å². The van der Waals surface area contributed by atoms with E-state index in [0.29, 0.717) is 29.2 Å². The normalized spacial score (nSPS) is 11.9. The summed E-state index contributed by atoms with van der Waals surface area (Å²) in [5.41, 5.74) is 22.5. The molecule has 3 aliphatic carbocycles. The van der Waals surface area contributed by atoms with Crippen molar-refractivity contribution in [2.75, 3.05) is 0 Å². The molecule has 3 aromatic heterocycles. The lowest BCUT2D eigenvalue weighted by molar-refractivity contribution is 0.953. The Labute approximate surface area is 483 Å². The van der Waals surface area contributed by atoms with Crippen LogP contribution in [0.5, 0.6) is 0 Å². The molecule has 3 aliphatic rings. The van der Waals surface area contributed by atoms with Crippen LogP contribution in [-0.4, -0.2) is 34.5 Å². The Hall–Kier alpha value is -10.7. The number of hydrogen-bond acceptors (Lipinski definition) is 6. The van der Waals surface area contributed by atoms with Crippen molar-refractivity contribution in [2.45, 2.75) is 6.42 Å². The Kier molecular flexibility index (Phi) is 11.5. The third kappa shape index (κ3) is 8.12. The lowest BCUT2D eigenvalue weighted by Crippen LogP contribution is -2.06. The van der Waals surface area contributed by atoms with Gasteiger partial charge in [0.25, 0.3) is 0 Å². The molecule has 0 N–H and O–H groups in total. The van der Waals surface area contributed by atoms with Crippen LogP contribution in [0.2, 0.25) is 5.28 Å². The second-order valence-corrected chi connectivity index (χ2v) is 21.3. The van der Waals surface area contributed by atoms with E-state index >= 15 is 0 Å². The maximum atomic E-state index is 5.99. The molecule has 83 heavy (non-hydrogen) atoms. The number of rotatable bonds is 5. The van der Waals surface area contributed by atoms with Crippen LogP contribution < -0.4 is 0 Å². The van der Waals surface area contributed by atoms with E-state index in [-0.39, 0.29) is 5.28 Å². The maximum absolute atomic E-state index is 5.99. The lowest BCUT2D eigenvalue weighted by Gasteiger charge is -2.11. The van der Waals surface area contributed by atoms with Crippen LogP contribution in [0.1, 0.15) is 11.1 Å². The van der Waals surface area contributed by atoms with Crippen molar-refractivity contribution < 1.29 is 0 Å². The van der Waals surface area contributed by atoms with Crippen LogP contribution in [0.15, 0.2) is 267 Å². The van der Waals surface area contributed by atoms with Crippen LogP contribution in [0.4, 0.5) is 0 Å². The first-order chi connectivity index (χ1) is 41.1. The van der Waals surface area contributed by atoms with Crippen LogP contribution in [-0.2, 0) is 6.42 Å². The smallest absolute Gasteiger partial charge is 0.238 e. The van der Waals surface area contributed by atoms with E-state index in [9.17, 15) is 0 Å². The third-order valence-electron chi connectivity index (χ3n) is 16.3. The molecular formula is C75H46ClN7. The van der Waals surface area contributed by atoms with Gasteiger partial charge in [-0.25, -0.2) is 9.97 Å². The first kappa shape index (κ1) is 48.2. The molecule has 0 radical (unpaired) electrons. The van der Waals surface area contributed by atoms with Gasteiger partial charge in [0.15, 0.2) is 23.3 Å². The van der Waals surface area contributed by atoms with E-state index in [1.165, 1.54) is 99.1 Å². The van der Waals surface area contributed by atoms with Gasteiger partial charge in [-0.2, -0.15) is 19.9 Å². The number of fused-ring (bicyclic) bond motifs is 14. The van der Waals surface area contributed by atoms with E-state index in [1.807, 2.05) is 121 Å². The van der Waals surface area contributed by atoms with E-state index in [1.54, 1.807) is 0 Å². The van der Waals surface area contributed by atoms with Crippen LogP contribution in [0.25, 0.3) is 150 Å². The number of hydrogen-bond donors (Lipinski definition) is 0. The largest absolute Gasteiger partial charge is 0.278 e. The van der Waals surface area contributed by atoms with Gasteiger partial charge in [0.2, 0.25) is 11.2 Å². The minimum Gasteiger partial charge on any atom is -0.278 e. The molecule has 0 bridgehead atoms. The van der Waals surface area contributed by atoms with Crippen molar-refractivity contribution >= 4 is 55.0 Å².